The Morgan fingerprint density at radius 1 is 1.14 bits per heavy atom. The van der Waals surface area contributed by atoms with Crippen molar-refractivity contribution in [2.45, 2.75) is 13.7 Å². The maximum absolute atomic E-state index is 13.7. The molecule has 188 valence electrons. The Labute approximate surface area is 208 Å². The molecule has 0 saturated heterocycles. The van der Waals surface area contributed by atoms with E-state index in [1.807, 2.05) is 19.1 Å². The van der Waals surface area contributed by atoms with Gasteiger partial charge in [-0.05, 0) is 73.2 Å². The van der Waals surface area contributed by atoms with Gasteiger partial charge in [0.15, 0.2) is 17.6 Å². The summed E-state index contributed by atoms with van der Waals surface area (Å²) in [7, 11) is -0.728. The molecule has 0 spiro atoms. The summed E-state index contributed by atoms with van der Waals surface area (Å²) < 4.78 is 27.5. The molecule has 3 aromatic heterocycles. The smallest absolute Gasteiger partial charge is 0.355 e. The Morgan fingerprint density at radius 3 is 2.61 bits per heavy atom. The van der Waals surface area contributed by atoms with Crippen LogP contribution in [0.2, 0.25) is 0 Å². The third-order valence-corrected chi connectivity index (χ3v) is 7.23. The van der Waals surface area contributed by atoms with Crippen LogP contribution in [0.1, 0.15) is 5.56 Å². The number of aromatic nitrogens is 5. The Hall–Kier alpha value is -3.70. The number of nitrogens with two attached hydrogens (primary N) is 1. The van der Waals surface area contributed by atoms with Crippen molar-refractivity contribution >= 4 is 32.7 Å². The van der Waals surface area contributed by atoms with Gasteiger partial charge in [-0.15, -0.1) is 5.10 Å². The minimum absolute atomic E-state index is 0.0129. The zero-order valence-corrected chi connectivity index (χ0v) is 21.3. The quantitative estimate of drug-likeness (QED) is 0.329. The average molecular weight is 511 g/mol. The van der Waals surface area contributed by atoms with Gasteiger partial charge in [0.1, 0.15) is 18.1 Å². The van der Waals surface area contributed by atoms with Gasteiger partial charge in [-0.2, -0.15) is 4.68 Å². The first-order valence-electron chi connectivity index (χ1n) is 11.3. The van der Waals surface area contributed by atoms with Crippen molar-refractivity contribution in [3.05, 3.63) is 64.7 Å². The van der Waals surface area contributed by atoms with Crippen LogP contribution in [0.5, 0.6) is 0 Å². The molecule has 0 aliphatic rings. The van der Waals surface area contributed by atoms with Gasteiger partial charge in [0.05, 0.1) is 17.9 Å². The Kier molecular flexibility index (Phi) is 6.05. The fraction of sp³-hybridized carbons (Fsp3) is 0.280. The molecule has 11 heteroatoms. The van der Waals surface area contributed by atoms with Crippen molar-refractivity contribution in [1.82, 2.24) is 24.1 Å². The van der Waals surface area contributed by atoms with Crippen LogP contribution in [0, 0.1) is 12.7 Å². The van der Waals surface area contributed by atoms with Crippen molar-refractivity contribution in [1.29, 1.82) is 0 Å². The van der Waals surface area contributed by atoms with E-state index in [4.69, 9.17) is 14.9 Å². The van der Waals surface area contributed by atoms with Crippen LogP contribution in [0.3, 0.4) is 0 Å². The predicted molar refractivity (Wildman–Crippen MR) is 141 cm³/mol. The maximum atomic E-state index is 13.7. The molecule has 0 aliphatic heterocycles. The second-order valence-electron chi connectivity index (χ2n) is 9.47. The molecule has 5 rings (SSSR count). The number of anilines is 1. The van der Waals surface area contributed by atoms with Gasteiger partial charge in [-0.1, -0.05) is 0 Å². The van der Waals surface area contributed by atoms with E-state index in [-0.39, 0.29) is 18.5 Å². The Balaban J connectivity index is 1.71. The molecule has 2 aromatic carbocycles. The number of benzene rings is 2. The summed E-state index contributed by atoms with van der Waals surface area (Å²) in [6.07, 6.45) is 8.00. The summed E-state index contributed by atoms with van der Waals surface area (Å²) in [5.74, 6) is 0.513. The van der Waals surface area contributed by atoms with Crippen molar-refractivity contribution in [2.75, 3.05) is 36.9 Å². The predicted octanol–water partition coefficient (Wildman–Crippen LogP) is 4.06. The highest BCUT2D eigenvalue weighted by Crippen LogP contribution is 2.37. The number of oxazole rings is 1. The molecule has 2 N–H and O–H groups in total. The molecular formula is C25H27FN6O3S. The van der Waals surface area contributed by atoms with Crippen LogP contribution >= 0.6 is 10.0 Å². The molecule has 9 nitrogen and oxygen atoms in total. The van der Waals surface area contributed by atoms with Crippen molar-refractivity contribution < 1.29 is 13.5 Å². The first-order valence-corrected chi connectivity index (χ1v) is 14.3. The fourth-order valence-corrected chi connectivity index (χ4v) is 4.63. The van der Waals surface area contributed by atoms with Crippen LogP contribution in [0.4, 0.5) is 10.3 Å². The van der Waals surface area contributed by atoms with Crippen LogP contribution < -0.4 is 11.4 Å². The lowest BCUT2D eigenvalue weighted by Gasteiger charge is -2.24. The molecule has 0 amide bonds. The number of hydrogen-bond donors (Lipinski definition) is 1. The fourth-order valence-electron chi connectivity index (χ4n) is 4.01. The highest BCUT2D eigenvalue weighted by atomic mass is 32.3. The summed E-state index contributed by atoms with van der Waals surface area (Å²) in [5.41, 5.74) is 10.7. The van der Waals surface area contributed by atoms with Gasteiger partial charge < -0.3 is 14.9 Å². The lowest BCUT2D eigenvalue weighted by atomic mass is 9.98. The van der Waals surface area contributed by atoms with Gasteiger partial charge in [-0.3, -0.25) is 0 Å². The maximum Gasteiger partial charge on any atom is 0.355 e. The van der Waals surface area contributed by atoms with Crippen molar-refractivity contribution in [3.63, 3.8) is 0 Å². The highest BCUT2D eigenvalue weighted by Gasteiger charge is 2.23. The third kappa shape index (κ3) is 4.47. The van der Waals surface area contributed by atoms with E-state index in [0.29, 0.717) is 40.2 Å². The zero-order chi connectivity index (χ0) is 25.6. The molecule has 0 fully saturated rings. The number of fused-ring (bicyclic) bond motifs is 2. The number of rotatable bonds is 7. The molecular weight excluding hydrogens is 483 g/mol. The van der Waals surface area contributed by atoms with Gasteiger partial charge in [0.2, 0.25) is 5.95 Å². The van der Waals surface area contributed by atoms with Gasteiger partial charge in [0.25, 0.3) is 0 Å². The van der Waals surface area contributed by atoms with Crippen LogP contribution in [-0.2, 0) is 11.5 Å². The molecule has 3 heterocycles. The van der Waals surface area contributed by atoms with E-state index in [0.717, 1.165) is 16.8 Å². The second kappa shape index (κ2) is 9.07. The van der Waals surface area contributed by atoms with E-state index < -0.39 is 15.7 Å². The van der Waals surface area contributed by atoms with Crippen molar-refractivity contribution in [3.8, 4) is 22.4 Å². The van der Waals surface area contributed by atoms with Gasteiger partial charge in [-0.25, -0.2) is 33.6 Å². The average Bonchev–Trinajstić information content (AvgIpc) is 3.42. The topological polar surface area (TPSA) is 113 Å². The monoisotopic (exact) mass is 510 g/mol. The normalized spacial score (nSPS) is 12.6. The van der Waals surface area contributed by atoms with E-state index >= 15 is 0 Å². The minimum Gasteiger partial charge on any atom is -0.443 e. The second-order valence-corrected chi connectivity index (χ2v) is 14.1. The number of ether oxygens (including phenoxy) is 1. The molecule has 0 unspecified atom stereocenters. The summed E-state index contributed by atoms with van der Waals surface area (Å²) in [5, 5.41) is 4.59. The van der Waals surface area contributed by atoms with E-state index in [1.165, 1.54) is 27.6 Å². The lowest BCUT2D eigenvalue weighted by Crippen LogP contribution is -2.25. The minimum atomic E-state index is -0.728. The summed E-state index contributed by atoms with van der Waals surface area (Å²) in [6.45, 7) is 2.42. The first-order chi connectivity index (χ1) is 17.1. The van der Waals surface area contributed by atoms with Gasteiger partial charge >= 0.3 is 5.69 Å². The zero-order valence-electron chi connectivity index (χ0n) is 20.5. The molecule has 0 aliphatic carbocycles. The number of hydrogen-bond acceptors (Lipinski definition) is 7. The number of halogens is 1. The molecule has 0 radical (unpaired) electrons. The molecule has 0 atom stereocenters. The van der Waals surface area contributed by atoms with E-state index in [9.17, 15) is 9.18 Å². The number of aryl methyl sites for hydroxylation is 1. The Bertz CT molecular complexity index is 1630. The SMILES string of the molecule is Cc1cc(-c2c(-c3ccc(F)cc3)nc(N)n3c(=O)n(COCCS(C)(C)C)nc23)cc2ocnc12. The molecule has 36 heavy (non-hydrogen) atoms. The molecule has 0 bridgehead atoms. The van der Waals surface area contributed by atoms with Crippen molar-refractivity contribution in [2.24, 2.45) is 0 Å². The first kappa shape index (κ1) is 24.0. The summed E-state index contributed by atoms with van der Waals surface area (Å²) in [4.78, 5) is 22.1. The van der Waals surface area contributed by atoms with Crippen LogP contribution in [0.25, 0.3) is 39.1 Å². The largest absolute Gasteiger partial charge is 0.443 e. The number of nitrogens with zero attached hydrogens (tertiary/aromatic N) is 5. The Morgan fingerprint density at radius 2 is 1.89 bits per heavy atom. The van der Waals surface area contributed by atoms with Crippen LogP contribution in [-0.4, -0.2) is 55.3 Å². The van der Waals surface area contributed by atoms with Gasteiger partial charge in [0, 0.05) is 11.3 Å². The lowest BCUT2D eigenvalue weighted by molar-refractivity contribution is 0.0784. The number of nitrogen functional groups attached to an aromatic ring is 1. The third-order valence-electron chi connectivity index (χ3n) is 5.84. The molecule has 0 saturated carbocycles. The standard InChI is InChI=1S/C25H27FN6O3S/c1-15-11-17(12-19-21(15)28-13-35-19)20-22(16-5-7-18(26)8-6-16)29-24(27)32-23(20)30-31(25(32)33)14-34-9-10-36(2,3)4/h5-8,11-13H,9-10,14H2,1-4H3,(H2,27,29). The van der Waals surface area contributed by atoms with E-state index in [1.54, 1.807) is 12.1 Å². The van der Waals surface area contributed by atoms with Crippen LogP contribution in [0.15, 0.2) is 52.0 Å². The molecule has 5 aromatic rings. The van der Waals surface area contributed by atoms with E-state index in [2.05, 4.69) is 33.8 Å². The summed E-state index contributed by atoms with van der Waals surface area (Å²) >= 11 is 0. The highest BCUT2D eigenvalue weighted by molar-refractivity contribution is 8.32. The summed E-state index contributed by atoms with van der Waals surface area (Å²) in [6, 6.07) is 9.68.